The van der Waals surface area contributed by atoms with E-state index in [9.17, 15) is 0 Å². The summed E-state index contributed by atoms with van der Waals surface area (Å²) in [6.07, 6.45) is 6.28. The zero-order chi connectivity index (χ0) is 12.7. The maximum Gasteiger partial charge on any atom is 0.126 e. The Hall–Kier alpha value is -2.16. The molecule has 2 heterocycles. The van der Waals surface area contributed by atoms with E-state index in [2.05, 4.69) is 60.6 Å². The van der Waals surface area contributed by atoms with Gasteiger partial charge in [-0.2, -0.15) is 0 Å². The van der Waals surface area contributed by atoms with Crippen LogP contribution < -0.4 is 11.1 Å². The summed E-state index contributed by atoms with van der Waals surface area (Å²) in [5.74, 6) is 0.720. The quantitative estimate of drug-likeness (QED) is 0.791. The van der Waals surface area contributed by atoms with Crippen LogP contribution in [0.4, 0.5) is 5.69 Å². The van der Waals surface area contributed by atoms with Gasteiger partial charge in [-0.1, -0.05) is 24.3 Å². The van der Waals surface area contributed by atoms with Gasteiger partial charge in [-0.15, -0.1) is 0 Å². The fourth-order valence-corrected chi connectivity index (χ4v) is 2.49. The monoisotopic (exact) mass is 239 g/mol. The summed E-state index contributed by atoms with van der Waals surface area (Å²) in [6.45, 7) is 4.32. The molecule has 3 N–H and O–H groups in total. The van der Waals surface area contributed by atoms with Gasteiger partial charge in [0.1, 0.15) is 5.82 Å². The van der Waals surface area contributed by atoms with E-state index in [-0.39, 0.29) is 0 Å². The number of benzene rings is 1. The second kappa shape index (κ2) is 3.95. The molecule has 0 unspecified atom stereocenters. The standard InChI is InChI=1S/C15H17N3/c1-10(2)18-9-5-7-12-11-6-3-4-8-13(11)17-15(16)14(12)18/h3-10,17H,16H2,1-2H3. The van der Waals surface area contributed by atoms with Crippen LogP contribution in [0.1, 0.15) is 19.4 Å². The van der Waals surface area contributed by atoms with Crippen LogP contribution in [0.25, 0.3) is 5.57 Å². The first kappa shape index (κ1) is 11.0. The van der Waals surface area contributed by atoms with Crippen LogP contribution in [0.2, 0.25) is 0 Å². The predicted octanol–water partition coefficient (Wildman–Crippen LogP) is 2.86. The van der Waals surface area contributed by atoms with Crippen LogP contribution in [0.5, 0.6) is 0 Å². The second-order valence-electron chi connectivity index (χ2n) is 4.86. The topological polar surface area (TPSA) is 41.3 Å². The van der Waals surface area contributed by atoms with Crippen LogP contribution in [0.15, 0.2) is 54.1 Å². The van der Waals surface area contributed by atoms with Gasteiger partial charge in [0.25, 0.3) is 0 Å². The van der Waals surface area contributed by atoms with Crippen molar-refractivity contribution in [2.75, 3.05) is 5.32 Å². The first-order valence-corrected chi connectivity index (χ1v) is 6.22. The minimum absolute atomic E-state index is 0.380. The Morgan fingerprint density at radius 1 is 1.22 bits per heavy atom. The van der Waals surface area contributed by atoms with E-state index in [1.807, 2.05) is 6.07 Å². The number of nitrogens with one attached hydrogen (secondary N) is 1. The SMILES string of the molecule is CC(C)N1C=CC=C2C1=C(N)Nc1ccccc12. The molecule has 2 aliphatic heterocycles. The van der Waals surface area contributed by atoms with Crippen LogP contribution in [-0.2, 0) is 0 Å². The van der Waals surface area contributed by atoms with E-state index < -0.39 is 0 Å². The molecule has 92 valence electrons. The lowest BCUT2D eigenvalue weighted by atomic mass is 9.94. The van der Waals surface area contributed by atoms with Gasteiger partial charge >= 0.3 is 0 Å². The summed E-state index contributed by atoms with van der Waals surface area (Å²) in [4.78, 5) is 2.20. The summed E-state index contributed by atoms with van der Waals surface area (Å²) in [5, 5.41) is 3.28. The number of rotatable bonds is 1. The zero-order valence-corrected chi connectivity index (χ0v) is 10.6. The van der Waals surface area contributed by atoms with Gasteiger partial charge in [0.15, 0.2) is 0 Å². The van der Waals surface area contributed by atoms with Gasteiger partial charge in [-0.05, 0) is 26.0 Å². The Morgan fingerprint density at radius 3 is 2.78 bits per heavy atom. The molecule has 0 aromatic heterocycles. The molecule has 0 radical (unpaired) electrons. The number of anilines is 1. The van der Waals surface area contributed by atoms with Gasteiger partial charge in [0, 0.05) is 29.1 Å². The van der Waals surface area contributed by atoms with Gasteiger partial charge < -0.3 is 16.0 Å². The van der Waals surface area contributed by atoms with Crippen molar-refractivity contribution in [2.24, 2.45) is 5.73 Å². The predicted molar refractivity (Wildman–Crippen MR) is 75.4 cm³/mol. The highest BCUT2D eigenvalue weighted by Crippen LogP contribution is 2.39. The highest BCUT2D eigenvalue weighted by atomic mass is 15.2. The van der Waals surface area contributed by atoms with Crippen molar-refractivity contribution in [3.63, 3.8) is 0 Å². The van der Waals surface area contributed by atoms with Crippen LogP contribution in [0, 0.1) is 0 Å². The summed E-state index contributed by atoms with van der Waals surface area (Å²) < 4.78 is 0. The van der Waals surface area contributed by atoms with Crippen LogP contribution in [-0.4, -0.2) is 10.9 Å². The minimum atomic E-state index is 0.380. The molecule has 0 saturated carbocycles. The molecule has 3 nitrogen and oxygen atoms in total. The summed E-state index contributed by atoms with van der Waals surface area (Å²) in [6, 6.07) is 8.63. The summed E-state index contributed by atoms with van der Waals surface area (Å²) in [5.41, 5.74) is 10.7. The van der Waals surface area contributed by atoms with Crippen molar-refractivity contribution in [1.82, 2.24) is 4.90 Å². The number of fused-ring (bicyclic) bond motifs is 3. The average Bonchev–Trinajstić information content (AvgIpc) is 2.38. The first-order valence-electron chi connectivity index (χ1n) is 6.22. The molecule has 2 aliphatic rings. The fourth-order valence-electron chi connectivity index (χ4n) is 2.49. The average molecular weight is 239 g/mol. The lowest BCUT2D eigenvalue weighted by molar-refractivity contribution is 0.392. The van der Waals surface area contributed by atoms with E-state index in [1.54, 1.807) is 0 Å². The number of hydrogen-bond donors (Lipinski definition) is 2. The fraction of sp³-hybridized carbons (Fsp3) is 0.200. The Balaban J connectivity index is 2.18. The van der Waals surface area contributed by atoms with Gasteiger partial charge in [0.05, 0.1) is 5.70 Å². The molecule has 18 heavy (non-hydrogen) atoms. The van der Waals surface area contributed by atoms with Crippen molar-refractivity contribution in [3.05, 3.63) is 59.7 Å². The van der Waals surface area contributed by atoms with Crippen molar-refractivity contribution >= 4 is 11.3 Å². The third-order valence-electron chi connectivity index (χ3n) is 3.32. The van der Waals surface area contributed by atoms with Crippen molar-refractivity contribution in [2.45, 2.75) is 19.9 Å². The van der Waals surface area contributed by atoms with Crippen molar-refractivity contribution in [1.29, 1.82) is 0 Å². The second-order valence-corrected chi connectivity index (χ2v) is 4.86. The Bertz CT molecular complexity index is 579. The summed E-state index contributed by atoms with van der Waals surface area (Å²) >= 11 is 0. The molecule has 3 rings (SSSR count). The molecule has 0 aliphatic carbocycles. The molecular formula is C15H17N3. The third-order valence-corrected chi connectivity index (χ3v) is 3.32. The molecule has 1 aromatic carbocycles. The van der Waals surface area contributed by atoms with Crippen molar-refractivity contribution in [3.8, 4) is 0 Å². The van der Waals surface area contributed by atoms with Crippen molar-refractivity contribution < 1.29 is 0 Å². The lowest BCUT2D eigenvalue weighted by Crippen LogP contribution is -2.33. The molecule has 0 saturated heterocycles. The van der Waals surface area contributed by atoms with E-state index >= 15 is 0 Å². The highest BCUT2D eigenvalue weighted by Gasteiger charge is 2.27. The number of allylic oxidation sites excluding steroid dienone is 3. The Morgan fingerprint density at radius 2 is 2.00 bits per heavy atom. The van der Waals surface area contributed by atoms with Crippen LogP contribution in [0.3, 0.4) is 0 Å². The number of nitrogens with zero attached hydrogens (tertiary/aromatic N) is 1. The Labute approximate surface area is 107 Å². The first-order chi connectivity index (χ1) is 8.68. The molecule has 0 amide bonds. The number of para-hydroxylation sites is 1. The number of hydrogen-bond acceptors (Lipinski definition) is 3. The molecule has 0 atom stereocenters. The maximum atomic E-state index is 6.18. The number of nitrogens with two attached hydrogens (primary N) is 1. The zero-order valence-electron chi connectivity index (χ0n) is 10.6. The van der Waals surface area contributed by atoms with Crippen LogP contribution >= 0.6 is 0 Å². The molecular weight excluding hydrogens is 222 g/mol. The van der Waals surface area contributed by atoms with E-state index in [4.69, 9.17) is 5.73 Å². The van der Waals surface area contributed by atoms with E-state index in [1.165, 1.54) is 11.1 Å². The third kappa shape index (κ3) is 1.51. The van der Waals surface area contributed by atoms with Gasteiger partial charge in [0.2, 0.25) is 0 Å². The molecule has 0 spiro atoms. The molecule has 1 aromatic rings. The normalized spacial score (nSPS) is 17.3. The highest BCUT2D eigenvalue weighted by molar-refractivity contribution is 5.91. The summed E-state index contributed by atoms with van der Waals surface area (Å²) in [7, 11) is 0. The smallest absolute Gasteiger partial charge is 0.126 e. The lowest BCUT2D eigenvalue weighted by Gasteiger charge is -2.36. The maximum absolute atomic E-state index is 6.18. The molecule has 3 heteroatoms. The molecule has 0 bridgehead atoms. The van der Waals surface area contributed by atoms with Gasteiger partial charge in [-0.3, -0.25) is 0 Å². The molecule has 0 fully saturated rings. The van der Waals surface area contributed by atoms with Gasteiger partial charge in [-0.25, -0.2) is 0 Å². The van der Waals surface area contributed by atoms with E-state index in [0.29, 0.717) is 6.04 Å². The minimum Gasteiger partial charge on any atom is -0.383 e. The Kier molecular flexibility index (Phi) is 2.40. The van der Waals surface area contributed by atoms with E-state index in [0.717, 1.165) is 17.2 Å². The largest absolute Gasteiger partial charge is 0.383 e.